The van der Waals surface area contributed by atoms with Crippen LogP contribution >= 0.6 is 0 Å². The zero-order valence-corrected chi connectivity index (χ0v) is 16.9. The first-order chi connectivity index (χ1) is 13.7. The number of aliphatic imine (C=N–C) groups is 1. The molecule has 0 amide bonds. The van der Waals surface area contributed by atoms with Crippen molar-refractivity contribution >= 4 is 5.96 Å². The van der Waals surface area contributed by atoms with E-state index in [0.717, 1.165) is 42.3 Å². The van der Waals surface area contributed by atoms with E-state index in [9.17, 15) is 0 Å². The van der Waals surface area contributed by atoms with E-state index >= 15 is 0 Å². The van der Waals surface area contributed by atoms with Crippen LogP contribution in [0.4, 0.5) is 0 Å². The van der Waals surface area contributed by atoms with Crippen LogP contribution in [0.2, 0.25) is 0 Å². The number of benzene rings is 1. The quantitative estimate of drug-likeness (QED) is 0.536. The maximum Gasteiger partial charge on any atom is 0.191 e. The Morgan fingerprint density at radius 1 is 1.25 bits per heavy atom. The van der Waals surface area contributed by atoms with E-state index in [4.69, 9.17) is 9.47 Å². The van der Waals surface area contributed by atoms with Crippen LogP contribution in [-0.2, 0) is 19.6 Å². The van der Waals surface area contributed by atoms with Crippen LogP contribution in [0.15, 0.2) is 29.5 Å². The number of guanidine groups is 1. The number of hydrogen-bond acceptors (Lipinski definition) is 5. The average molecular weight is 387 g/mol. The van der Waals surface area contributed by atoms with Gasteiger partial charge in [-0.15, -0.1) is 10.2 Å². The molecule has 2 aromatic rings. The van der Waals surface area contributed by atoms with E-state index in [-0.39, 0.29) is 6.10 Å². The molecule has 0 bridgehead atoms. The summed E-state index contributed by atoms with van der Waals surface area (Å²) in [6, 6.07) is 5.98. The van der Waals surface area contributed by atoms with Gasteiger partial charge in [-0.05, 0) is 38.7 Å². The highest BCUT2D eigenvalue weighted by molar-refractivity contribution is 5.79. The number of aromatic nitrogens is 3. The minimum Gasteiger partial charge on any atom is -0.493 e. The van der Waals surface area contributed by atoms with E-state index in [1.54, 1.807) is 20.5 Å². The molecule has 3 rings (SSSR count). The highest BCUT2D eigenvalue weighted by Gasteiger charge is 2.20. The molecule has 1 aliphatic rings. The van der Waals surface area contributed by atoms with Gasteiger partial charge in [0, 0.05) is 25.7 Å². The van der Waals surface area contributed by atoms with Gasteiger partial charge in [0.1, 0.15) is 6.33 Å². The van der Waals surface area contributed by atoms with Gasteiger partial charge in [-0.3, -0.25) is 4.99 Å². The first kappa shape index (κ1) is 20.0. The fourth-order valence-electron chi connectivity index (χ4n) is 3.41. The van der Waals surface area contributed by atoms with Gasteiger partial charge in [0.05, 0.1) is 19.8 Å². The van der Waals surface area contributed by atoms with Gasteiger partial charge in [-0.2, -0.15) is 0 Å². The zero-order valence-electron chi connectivity index (χ0n) is 16.9. The molecule has 1 aliphatic carbocycles. The summed E-state index contributed by atoms with van der Waals surface area (Å²) in [6.45, 7) is 4.03. The Balaban J connectivity index is 1.63. The SMILES string of the molecule is CCn1cnnc1CNC(=NC)NCc1cccc(OC)c1OC1CCCC1. The molecule has 8 heteroatoms. The lowest BCUT2D eigenvalue weighted by atomic mass is 10.1. The Bertz CT molecular complexity index is 783. The molecule has 0 saturated heterocycles. The summed E-state index contributed by atoms with van der Waals surface area (Å²) in [5.74, 6) is 3.16. The molecular weight excluding hydrogens is 356 g/mol. The average Bonchev–Trinajstić information content (AvgIpc) is 3.40. The zero-order chi connectivity index (χ0) is 19.8. The van der Waals surface area contributed by atoms with Crippen LogP contribution in [0, 0.1) is 0 Å². The topological polar surface area (TPSA) is 85.6 Å². The second kappa shape index (κ2) is 9.96. The minimum atomic E-state index is 0.271. The number of hydrogen-bond donors (Lipinski definition) is 2. The Hall–Kier alpha value is -2.77. The van der Waals surface area contributed by atoms with Crippen LogP contribution in [0.25, 0.3) is 0 Å². The summed E-state index contributed by atoms with van der Waals surface area (Å²) < 4.78 is 13.8. The van der Waals surface area contributed by atoms with Gasteiger partial charge < -0.3 is 24.7 Å². The Morgan fingerprint density at radius 2 is 2.04 bits per heavy atom. The predicted molar refractivity (Wildman–Crippen MR) is 109 cm³/mol. The third-order valence-corrected chi connectivity index (χ3v) is 4.99. The summed E-state index contributed by atoms with van der Waals surface area (Å²) in [5, 5.41) is 14.7. The van der Waals surface area contributed by atoms with Gasteiger partial charge in [-0.1, -0.05) is 12.1 Å². The van der Waals surface area contributed by atoms with Crippen molar-refractivity contribution < 1.29 is 9.47 Å². The third kappa shape index (κ3) is 4.94. The van der Waals surface area contributed by atoms with E-state index < -0.39 is 0 Å². The van der Waals surface area contributed by atoms with Gasteiger partial charge in [0.2, 0.25) is 0 Å². The van der Waals surface area contributed by atoms with E-state index in [1.165, 1.54) is 12.8 Å². The van der Waals surface area contributed by atoms with E-state index in [0.29, 0.717) is 19.0 Å². The van der Waals surface area contributed by atoms with Crippen LogP contribution in [0.3, 0.4) is 0 Å². The van der Waals surface area contributed by atoms with Crippen LogP contribution < -0.4 is 20.1 Å². The van der Waals surface area contributed by atoms with Crippen molar-refractivity contribution in [1.82, 2.24) is 25.4 Å². The second-order valence-corrected chi connectivity index (χ2v) is 6.79. The van der Waals surface area contributed by atoms with Gasteiger partial charge in [0.15, 0.2) is 23.3 Å². The summed E-state index contributed by atoms with van der Waals surface area (Å²) in [6.07, 6.45) is 6.67. The normalized spacial score (nSPS) is 14.9. The first-order valence-corrected chi connectivity index (χ1v) is 9.88. The summed E-state index contributed by atoms with van der Waals surface area (Å²) in [4.78, 5) is 4.30. The van der Waals surface area contributed by atoms with Crippen molar-refractivity contribution in [1.29, 1.82) is 0 Å². The molecule has 1 heterocycles. The van der Waals surface area contributed by atoms with Gasteiger partial charge in [-0.25, -0.2) is 0 Å². The fraction of sp³-hybridized carbons (Fsp3) is 0.550. The van der Waals surface area contributed by atoms with Crippen LogP contribution in [0.1, 0.15) is 44.0 Å². The Labute approximate surface area is 166 Å². The molecule has 0 spiro atoms. The standard InChI is InChI=1S/C20H30N6O2/c1-4-26-14-24-25-18(26)13-23-20(21-2)22-12-15-8-7-11-17(27-3)19(15)28-16-9-5-6-10-16/h7-8,11,14,16H,4-6,9-10,12-13H2,1-3H3,(H2,21,22,23). The van der Waals surface area contributed by atoms with Gasteiger partial charge >= 0.3 is 0 Å². The molecule has 1 aromatic heterocycles. The monoisotopic (exact) mass is 386 g/mol. The maximum absolute atomic E-state index is 6.30. The first-order valence-electron chi connectivity index (χ1n) is 9.88. The van der Waals surface area contributed by atoms with Crippen molar-refractivity contribution in [2.75, 3.05) is 14.2 Å². The number of nitrogens with zero attached hydrogens (tertiary/aromatic N) is 4. The van der Waals surface area contributed by atoms with Crippen molar-refractivity contribution in [2.45, 2.75) is 58.3 Å². The molecule has 1 aromatic carbocycles. The van der Waals surface area contributed by atoms with E-state index in [1.807, 2.05) is 16.7 Å². The number of rotatable bonds is 8. The molecular formula is C20H30N6O2. The maximum atomic E-state index is 6.30. The number of aryl methyl sites for hydroxylation is 1. The van der Waals surface area contributed by atoms with E-state index in [2.05, 4.69) is 38.8 Å². The van der Waals surface area contributed by atoms with Crippen LogP contribution in [0.5, 0.6) is 11.5 Å². The Morgan fingerprint density at radius 3 is 2.75 bits per heavy atom. The molecule has 0 radical (unpaired) electrons. The Kier molecular flexibility index (Phi) is 7.11. The van der Waals surface area contributed by atoms with Crippen LogP contribution in [-0.4, -0.2) is 41.0 Å². The lowest BCUT2D eigenvalue weighted by molar-refractivity contribution is 0.198. The number of nitrogens with one attached hydrogen (secondary N) is 2. The lowest BCUT2D eigenvalue weighted by Crippen LogP contribution is -2.37. The molecule has 8 nitrogen and oxygen atoms in total. The third-order valence-electron chi connectivity index (χ3n) is 4.99. The molecule has 152 valence electrons. The van der Waals surface area contributed by atoms with Crippen molar-refractivity contribution in [3.8, 4) is 11.5 Å². The summed E-state index contributed by atoms with van der Waals surface area (Å²) >= 11 is 0. The largest absolute Gasteiger partial charge is 0.493 e. The summed E-state index contributed by atoms with van der Waals surface area (Å²) in [7, 11) is 3.43. The molecule has 28 heavy (non-hydrogen) atoms. The highest BCUT2D eigenvalue weighted by Crippen LogP contribution is 2.34. The molecule has 1 saturated carbocycles. The highest BCUT2D eigenvalue weighted by atomic mass is 16.5. The number of ether oxygens (including phenoxy) is 2. The van der Waals surface area contributed by atoms with Gasteiger partial charge in [0.25, 0.3) is 0 Å². The minimum absolute atomic E-state index is 0.271. The predicted octanol–water partition coefficient (Wildman–Crippen LogP) is 2.49. The second-order valence-electron chi connectivity index (χ2n) is 6.79. The molecule has 0 atom stereocenters. The smallest absolute Gasteiger partial charge is 0.191 e. The number of para-hydroxylation sites is 1. The fourth-order valence-corrected chi connectivity index (χ4v) is 3.41. The molecule has 0 unspecified atom stereocenters. The summed E-state index contributed by atoms with van der Waals surface area (Å²) in [5.41, 5.74) is 1.05. The lowest BCUT2D eigenvalue weighted by Gasteiger charge is -2.20. The molecule has 2 N–H and O–H groups in total. The van der Waals surface area contributed by atoms with Crippen molar-refractivity contribution in [2.24, 2.45) is 4.99 Å². The molecule has 0 aliphatic heterocycles. The number of methoxy groups -OCH3 is 1. The molecule has 1 fully saturated rings. The van der Waals surface area contributed by atoms with Crippen molar-refractivity contribution in [3.63, 3.8) is 0 Å². The van der Waals surface area contributed by atoms with Crippen molar-refractivity contribution in [3.05, 3.63) is 35.9 Å².